The second-order valence-electron chi connectivity index (χ2n) is 6.12. The molecule has 3 heterocycles. The molecule has 0 aromatic carbocycles. The van der Waals surface area contributed by atoms with E-state index in [2.05, 4.69) is 62.7 Å². The van der Waals surface area contributed by atoms with Crippen molar-refractivity contribution in [2.24, 2.45) is 0 Å². The highest BCUT2D eigenvalue weighted by Gasteiger charge is 2.14. The van der Waals surface area contributed by atoms with Crippen molar-refractivity contribution < 1.29 is 0 Å². The van der Waals surface area contributed by atoms with Crippen LogP contribution in [0.25, 0.3) is 10.6 Å². The van der Waals surface area contributed by atoms with E-state index >= 15 is 0 Å². The zero-order valence-corrected chi connectivity index (χ0v) is 15.0. The molecule has 0 aliphatic rings. The SMILES string of the molecule is CN(C)CCN(Cc1cccnc1)Cc1cn[nH]c1-c1cccs1. The summed E-state index contributed by atoms with van der Waals surface area (Å²) in [4.78, 5) is 10.1. The third-order valence-corrected chi connectivity index (χ3v) is 4.76. The number of rotatable bonds is 8. The Balaban J connectivity index is 1.75. The van der Waals surface area contributed by atoms with Crippen LogP contribution in [-0.4, -0.2) is 52.2 Å². The molecular formula is C18H23N5S. The van der Waals surface area contributed by atoms with Crippen molar-refractivity contribution in [3.63, 3.8) is 0 Å². The van der Waals surface area contributed by atoms with Gasteiger partial charge in [-0.3, -0.25) is 15.0 Å². The number of hydrogen-bond acceptors (Lipinski definition) is 5. The number of aromatic amines is 1. The molecule has 126 valence electrons. The first-order chi connectivity index (χ1) is 11.7. The van der Waals surface area contributed by atoms with Gasteiger partial charge in [0, 0.05) is 44.1 Å². The van der Waals surface area contributed by atoms with Gasteiger partial charge in [-0.2, -0.15) is 5.10 Å². The number of nitrogens with zero attached hydrogens (tertiary/aromatic N) is 4. The number of thiophene rings is 1. The van der Waals surface area contributed by atoms with E-state index in [9.17, 15) is 0 Å². The number of hydrogen-bond donors (Lipinski definition) is 1. The predicted octanol–water partition coefficient (Wildman–Crippen LogP) is 3.10. The standard InChI is InChI=1S/C18H23N5S/c1-22(2)8-9-23(13-15-5-3-7-19-11-15)14-16-12-20-21-18(16)17-6-4-10-24-17/h3-7,10-12H,8-9,13-14H2,1-2H3,(H,20,21). The van der Waals surface area contributed by atoms with Crippen LogP contribution < -0.4 is 0 Å². The average Bonchev–Trinajstić information content (AvgIpc) is 3.24. The van der Waals surface area contributed by atoms with Crippen molar-refractivity contribution in [1.29, 1.82) is 0 Å². The first-order valence-corrected chi connectivity index (χ1v) is 8.92. The molecule has 0 saturated heterocycles. The van der Waals surface area contributed by atoms with Gasteiger partial charge < -0.3 is 4.90 Å². The first-order valence-electron chi connectivity index (χ1n) is 8.04. The molecule has 0 radical (unpaired) electrons. The molecule has 1 N–H and O–H groups in total. The number of nitrogens with one attached hydrogen (secondary N) is 1. The van der Waals surface area contributed by atoms with Crippen LogP contribution in [-0.2, 0) is 13.1 Å². The van der Waals surface area contributed by atoms with Gasteiger partial charge in [0.15, 0.2) is 0 Å². The fraction of sp³-hybridized carbons (Fsp3) is 0.333. The maximum absolute atomic E-state index is 4.27. The number of aromatic nitrogens is 3. The van der Waals surface area contributed by atoms with Gasteiger partial charge in [-0.1, -0.05) is 12.1 Å². The summed E-state index contributed by atoms with van der Waals surface area (Å²) in [6, 6.07) is 8.33. The molecular weight excluding hydrogens is 318 g/mol. The summed E-state index contributed by atoms with van der Waals surface area (Å²) in [7, 11) is 4.22. The van der Waals surface area contributed by atoms with Crippen LogP contribution in [0.1, 0.15) is 11.1 Å². The van der Waals surface area contributed by atoms with Crippen LogP contribution in [0.2, 0.25) is 0 Å². The summed E-state index contributed by atoms with van der Waals surface area (Å²) in [6.45, 7) is 3.77. The maximum Gasteiger partial charge on any atom is 0.0794 e. The lowest BCUT2D eigenvalue weighted by Gasteiger charge is -2.24. The molecule has 0 bridgehead atoms. The number of H-pyrrole nitrogens is 1. The molecule has 3 rings (SSSR count). The van der Waals surface area contributed by atoms with Crippen molar-refractivity contribution in [2.45, 2.75) is 13.1 Å². The minimum Gasteiger partial charge on any atom is -0.308 e. The molecule has 24 heavy (non-hydrogen) atoms. The van der Waals surface area contributed by atoms with Gasteiger partial charge in [0.25, 0.3) is 0 Å². The van der Waals surface area contributed by atoms with E-state index in [1.165, 1.54) is 16.0 Å². The van der Waals surface area contributed by atoms with E-state index in [1.54, 1.807) is 11.3 Å². The smallest absolute Gasteiger partial charge is 0.0794 e. The normalized spacial score (nSPS) is 11.5. The third-order valence-electron chi connectivity index (χ3n) is 3.87. The van der Waals surface area contributed by atoms with Crippen molar-refractivity contribution in [1.82, 2.24) is 25.0 Å². The molecule has 0 amide bonds. The van der Waals surface area contributed by atoms with Gasteiger partial charge in [0.05, 0.1) is 16.8 Å². The molecule has 3 aromatic heterocycles. The van der Waals surface area contributed by atoms with Gasteiger partial charge >= 0.3 is 0 Å². The molecule has 0 aliphatic heterocycles. The van der Waals surface area contributed by atoms with E-state index in [0.717, 1.165) is 31.9 Å². The Morgan fingerprint density at radius 3 is 2.71 bits per heavy atom. The summed E-state index contributed by atoms with van der Waals surface area (Å²) in [6.07, 6.45) is 5.71. The van der Waals surface area contributed by atoms with Crippen molar-refractivity contribution in [2.75, 3.05) is 27.2 Å². The van der Waals surface area contributed by atoms with Gasteiger partial charge in [-0.05, 0) is 37.2 Å². The quantitative estimate of drug-likeness (QED) is 0.684. The summed E-state index contributed by atoms with van der Waals surface area (Å²) in [5.41, 5.74) is 3.60. The molecule has 0 aliphatic carbocycles. The van der Waals surface area contributed by atoms with Gasteiger partial charge in [0.1, 0.15) is 0 Å². The minimum atomic E-state index is 0.868. The van der Waals surface area contributed by atoms with E-state index in [-0.39, 0.29) is 0 Å². The Bertz CT molecular complexity index is 721. The lowest BCUT2D eigenvalue weighted by molar-refractivity contribution is 0.226. The third kappa shape index (κ3) is 4.50. The molecule has 0 saturated carbocycles. The maximum atomic E-state index is 4.27. The molecule has 0 unspecified atom stereocenters. The summed E-state index contributed by atoms with van der Waals surface area (Å²) < 4.78 is 0. The Labute approximate surface area is 147 Å². The van der Waals surface area contributed by atoms with Crippen LogP contribution >= 0.6 is 11.3 Å². The van der Waals surface area contributed by atoms with Crippen LogP contribution in [0.5, 0.6) is 0 Å². The summed E-state index contributed by atoms with van der Waals surface area (Å²) >= 11 is 1.74. The average molecular weight is 341 g/mol. The highest BCUT2D eigenvalue weighted by molar-refractivity contribution is 7.13. The molecule has 0 spiro atoms. The van der Waals surface area contributed by atoms with Crippen molar-refractivity contribution in [3.8, 4) is 10.6 Å². The Hall–Kier alpha value is -2.02. The lowest BCUT2D eigenvalue weighted by atomic mass is 10.2. The summed E-state index contributed by atoms with van der Waals surface area (Å²) in [5.74, 6) is 0. The topological polar surface area (TPSA) is 48.1 Å². The van der Waals surface area contributed by atoms with Gasteiger partial charge in [-0.25, -0.2) is 0 Å². The Kier molecular flexibility index (Phi) is 5.74. The molecule has 5 nitrogen and oxygen atoms in total. The highest BCUT2D eigenvalue weighted by Crippen LogP contribution is 2.26. The van der Waals surface area contributed by atoms with E-state index in [1.807, 2.05) is 24.7 Å². The summed E-state index contributed by atoms with van der Waals surface area (Å²) in [5, 5.41) is 9.52. The molecule has 3 aromatic rings. The second-order valence-corrected chi connectivity index (χ2v) is 7.07. The number of likely N-dealkylation sites (N-methyl/N-ethyl adjacent to an activating group) is 1. The Morgan fingerprint density at radius 1 is 1.08 bits per heavy atom. The van der Waals surface area contributed by atoms with Crippen LogP contribution in [0.4, 0.5) is 0 Å². The molecule has 6 heteroatoms. The molecule has 0 fully saturated rings. The fourth-order valence-corrected chi connectivity index (χ4v) is 3.37. The van der Waals surface area contributed by atoms with Crippen LogP contribution in [0.15, 0.2) is 48.2 Å². The number of pyridine rings is 1. The van der Waals surface area contributed by atoms with Crippen molar-refractivity contribution in [3.05, 3.63) is 59.4 Å². The minimum absolute atomic E-state index is 0.868. The molecule has 0 atom stereocenters. The fourth-order valence-electron chi connectivity index (χ4n) is 2.61. The van der Waals surface area contributed by atoms with Crippen molar-refractivity contribution >= 4 is 11.3 Å². The van der Waals surface area contributed by atoms with Crippen LogP contribution in [0, 0.1) is 0 Å². The van der Waals surface area contributed by atoms with Gasteiger partial charge in [-0.15, -0.1) is 11.3 Å². The van der Waals surface area contributed by atoms with Gasteiger partial charge in [0.2, 0.25) is 0 Å². The Morgan fingerprint density at radius 2 is 2.00 bits per heavy atom. The second kappa shape index (κ2) is 8.19. The predicted molar refractivity (Wildman–Crippen MR) is 98.8 cm³/mol. The van der Waals surface area contributed by atoms with E-state index < -0.39 is 0 Å². The van der Waals surface area contributed by atoms with E-state index in [4.69, 9.17) is 0 Å². The van der Waals surface area contributed by atoms with E-state index in [0.29, 0.717) is 0 Å². The largest absolute Gasteiger partial charge is 0.308 e. The highest BCUT2D eigenvalue weighted by atomic mass is 32.1. The zero-order chi connectivity index (χ0) is 16.8. The first kappa shape index (κ1) is 16.8. The monoisotopic (exact) mass is 341 g/mol. The zero-order valence-electron chi connectivity index (χ0n) is 14.1. The van der Waals surface area contributed by atoms with Crippen LogP contribution in [0.3, 0.4) is 0 Å². The lowest BCUT2D eigenvalue weighted by Crippen LogP contribution is -2.31.